The third kappa shape index (κ3) is 4.93. The molecule has 1 aromatic carbocycles. The Labute approximate surface area is 92.0 Å². The average Bonchev–Trinajstić information content (AvgIpc) is 2.25. The van der Waals surface area contributed by atoms with Crippen molar-refractivity contribution in [3.05, 3.63) is 35.4 Å². The van der Waals surface area contributed by atoms with Crippen molar-refractivity contribution in [2.75, 3.05) is 27.7 Å². The van der Waals surface area contributed by atoms with Crippen LogP contribution >= 0.6 is 0 Å². The summed E-state index contributed by atoms with van der Waals surface area (Å²) in [6.07, 6.45) is 1.10. The van der Waals surface area contributed by atoms with Crippen LogP contribution in [-0.4, -0.2) is 32.6 Å². The fraction of sp³-hybridized carbons (Fsp3) is 0.500. The van der Waals surface area contributed by atoms with Gasteiger partial charge in [-0.1, -0.05) is 24.3 Å². The molecule has 15 heavy (non-hydrogen) atoms. The van der Waals surface area contributed by atoms with Gasteiger partial charge in [0.15, 0.2) is 0 Å². The van der Waals surface area contributed by atoms with E-state index in [4.69, 9.17) is 4.84 Å². The number of likely N-dealkylation sites (N-methyl/N-ethyl adjacent to an activating group) is 1. The van der Waals surface area contributed by atoms with E-state index >= 15 is 0 Å². The van der Waals surface area contributed by atoms with Crippen LogP contribution in [0.1, 0.15) is 11.1 Å². The normalized spacial score (nSPS) is 10.9. The molecule has 0 fully saturated rings. The second-order valence-corrected chi connectivity index (χ2v) is 3.90. The Balaban J connectivity index is 2.41. The summed E-state index contributed by atoms with van der Waals surface area (Å²) in [6, 6.07) is 8.63. The quantitative estimate of drug-likeness (QED) is 0.716. The summed E-state index contributed by atoms with van der Waals surface area (Å²) < 4.78 is 0. The standard InChI is InChI=1S/C12H20N2O/c1-14(2)9-8-11-4-6-12(7-5-11)10-13-15-3/h4-7,13H,8-10H2,1-3H3. The first-order chi connectivity index (χ1) is 7.22. The summed E-state index contributed by atoms with van der Waals surface area (Å²) in [7, 11) is 5.82. The summed E-state index contributed by atoms with van der Waals surface area (Å²) in [6.45, 7) is 1.85. The van der Waals surface area contributed by atoms with Crippen LogP contribution in [0.3, 0.4) is 0 Å². The molecule has 1 aromatic rings. The van der Waals surface area contributed by atoms with Crippen molar-refractivity contribution in [2.24, 2.45) is 0 Å². The molecule has 0 atom stereocenters. The van der Waals surface area contributed by atoms with Crippen LogP contribution < -0.4 is 5.48 Å². The van der Waals surface area contributed by atoms with Gasteiger partial charge in [-0.3, -0.25) is 0 Å². The molecule has 0 aliphatic carbocycles. The lowest BCUT2D eigenvalue weighted by molar-refractivity contribution is 0.0867. The molecule has 0 heterocycles. The topological polar surface area (TPSA) is 24.5 Å². The van der Waals surface area contributed by atoms with Gasteiger partial charge in [-0.25, -0.2) is 0 Å². The maximum absolute atomic E-state index is 4.80. The van der Waals surface area contributed by atoms with Gasteiger partial charge >= 0.3 is 0 Å². The maximum atomic E-state index is 4.80. The minimum Gasteiger partial charge on any atom is -0.309 e. The van der Waals surface area contributed by atoms with Crippen LogP contribution in [-0.2, 0) is 17.8 Å². The van der Waals surface area contributed by atoms with Crippen LogP contribution in [0.25, 0.3) is 0 Å². The number of hydrogen-bond donors (Lipinski definition) is 1. The highest BCUT2D eigenvalue weighted by molar-refractivity contribution is 5.22. The molecular weight excluding hydrogens is 188 g/mol. The highest BCUT2D eigenvalue weighted by Crippen LogP contribution is 2.05. The van der Waals surface area contributed by atoms with E-state index in [1.165, 1.54) is 11.1 Å². The van der Waals surface area contributed by atoms with Crippen LogP contribution in [0.5, 0.6) is 0 Å². The predicted molar refractivity (Wildman–Crippen MR) is 62.5 cm³/mol. The van der Waals surface area contributed by atoms with E-state index in [0.717, 1.165) is 19.5 Å². The van der Waals surface area contributed by atoms with E-state index in [0.29, 0.717) is 0 Å². The Morgan fingerprint density at radius 1 is 1.13 bits per heavy atom. The van der Waals surface area contributed by atoms with Gasteiger partial charge in [0.05, 0.1) is 7.11 Å². The monoisotopic (exact) mass is 208 g/mol. The molecular formula is C12H20N2O. The fourth-order valence-electron chi connectivity index (χ4n) is 1.33. The molecule has 3 heteroatoms. The third-order valence-electron chi connectivity index (χ3n) is 2.29. The van der Waals surface area contributed by atoms with Crippen molar-refractivity contribution in [2.45, 2.75) is 13.0 Å². The second-order valence-electron chi connectivity index (χ2n) is 3.90. The molecule has 0 aromatic heterocycles. The Kier molecular flexibility index (Phi) is 5.32. The lowest BCUT2D eigenvalue weighted by Gasteiger charge is -2.09. The van der Waals surface area contributed by atoms with E-state index < -0.39 is 0 Å². The van der Waals surface area contributed by atoms with E-state index in [9.17, 15) is 0 Å². The highest BCUT2D eigenvalue weighted by Gasteiger charge is 1.96. The summed E-state index contributed by atoms with van der Waals surface area (Å²) in [5.41, 5.74) is 5.45. The Morgan fingerprint density at radius 2 is 1.73 bits per heavy atom. The van der Waals surface area contributed by atoms with E-state index in [1.807, 2.05) is 0 Å². The zero-order chi connectivity index (χ0) is 11.1. The van der Waals surface area contributed by atoms with Gasteiger partial charge in [-0.2, -0.15) is 5.48 Å². The Hall–Kier alpha value is -0.900. The number of hydroxylamine groups is 1. The molecule has 0 bridgehead atoms. The molecule has 0 spiro atoms. The molecule has 1 rings (SSSR count). The molecule has 0 radical (unpaired) electrons. The van der Waals surface area contributed by atoms with Crippen LogP contribution in [0.4, 0.5) is 0 Å². The van der Waals surface area contributed by atoms with Crippen molar-refractivity contribution in [3.8, 4) is 0 Å². The van der Waals surface area contributed by atoms with Gasteiger partial charge in [-0.15, -0.1) is 0 Å². The third-order valence-corrected chi connectivity index (χ3v) is 2.29. The first kappa shape index (κ1) is 12.2. The van der Waals surface area contributed by atoms with Crippen molar-refractivity contribution in [1.29, 1.82) is 0 Å². The number of hydrogen-bond acceptors (Lipinski definition) is 3. The number of benzene rings is 1. The summed E-state index contributed by atoms with van der Waals surface area (Å²) >= 11 is 0. The van der Waals surface area contributed by atoms with Crippen LogP contribution in [0.2, 0.25) is 0 Å². The molecule has 0 amide bonds. The van der Waals surface area contributed by atoms with Crippen molar-refractivity contribution >= 4 is 0 Å². The minimum atomic E-state index is 0.754. The van der Waals surface area contributed by atoms with Gasteiger partial charge in [0.1, 0.15) is 0 Å². The first-order valence-electron chi connectivity index (χ1n) is 5.21. The number of nitrogens with zero attached hydrogens (tertiary/aromatic N) is 1. The van der Waals surface area contributed by atoms with Gasteiger partial charge < -0.3 is 9.74 Å². The molecule has 0 aliphatic rings. The van der Waals surface area contributed by atoms with Crippen molar-refractivity contribution in [1.82, 2.24) is 10.4 Å². The van der Waals surface area contributed by atoms with E-state index in [2.05, 4.69) is 48.7 Å². The molecule has 0 aliphatic heterocycles. The summed E-state index contributed by atoms with van der Waals surface area (Å²) in [5.74, 6) is 0. The van der Waals surface area contributed by atoms with Crippen LogP contribution in [0, 0.1) is 0 Å². The summed E-state index contributed by atoms with van der Waals surface area (Å²) in [4.78, 5) is 6.99. The van der Waals surface area contributed by atoms with E-state index in [1.54, 1.807) is 7.11 Å². The smallest absolute Gasteiger partial charge is 0.0572 e. The largest absolute Gasteiger partial charge is 0.309 e. The molecule has 0 saturated heterocycles. The molecule has 0 saturated carbocycles. The zero-order valence-corrected chi connectivity index (χ0v) is 9.79. The lowest BCUT2D eigenvalue weighted by atomic mass is 10.1. The average molecular weight is 208 g/mol. The van der Waals surface area contributed by atoms with Crippen LogP contribution in [0.15, 0.2) is 24.3 Å². The summed E-state index contributed by atoms with van der Waals surface area (Å²) in [5, 5.41) is 0. The first-order valence-corrected chi connectivity index (χ1v) is 5.21. The van der Waals surface area contributed by atoms with Gasteiger partial charge in [0, 0.05) is 13.1 Å². The SMILES string of the molecule is CONCc1ccc(CCN(C)C)cc1. The van der Waals surface area contributed by atoms with Gasteiger partial charge in [0.2, 0.25) is 0 Å². The lowest BCUT2D eigenvalue weighted by Crippen LogP contribution is -2.15. The number of rotatable bonds is 6. The van der Waals surface area contributed by atoms with Gasteiger partial charge in [-0.05, 0) is 31.6 Å². The zero-order valence-electron chi connectivity index (χ0n) is 9.79. The predicted octanol–water partition coefficient (Wildman–Crippen LogP) is 1.44. The minimum absolute atomic E-state index is 0.754. The molecule has 0 unspecified atom stereocenters. The maximum Gasteiger partial charge on any atom is 0.0572 e. The second kappa shape index (κ2) is 6.56. The number of nitrogens with one attached hydrogen (secondary N) is 1. The molecule has 84 valence electrons. The van der Waals surface area contributed by atoms with Crippen molar-refractivity contribution < 1.29 is 4.84 Å². The van der Waals surface area contributed by atoms with Crippen molar-refractivity contribution in [3.63, 3.8) is 0 Å². The Bertz CT molecular complexity index is 269. The molecule has 3 nitrogen and oxygen atoms in total. The van der Waals surface area contributed by atoms with Gasteiger partial charge in [0.25, 0.3) is 0 Å². The highest BCUT2D eigenvalue weighted by atomic mass is 16.6. The molecule has 1 N–H and O–H groups in total. The Morgan fingerprint density at radius 3 is 2.27 bits per heavy atom. The fourth-order valence-corrected chi connectivity index (χ4v) is 1.33. The van der Waals surface area contributed by atoms with E-state index in [-0.39, 0.29) is 0 Å².